The Morgan fingerprint density at radius 2 is 2.38 bits per heavy atom. The van der Waals surface area contributed by atoms with Crippen molar-refractivity contribution in [3.05, 3.63) is 6.54 Å². The van der Waals surface area contributed by atoms with Gasteiger partial charge in [0, 0.05) is 19.1 Å². The molecule has 0 aromatic rings. The zero-order chi connectivity index (χ0) is 5.40. The topological polar surface area (TPSA) is 3.01 Å². The summed E-state index contributed by atoms with van der Waals surface area (Å²) in [6.45, 7) is 3.73. The fourth-order valence-corrected chi connectivity index (χ4v) is 1.46. The van der Waals surface area contributed by atoms with Gasteiger partial charge in [0.1, 0.15) is 0 Å². The molecular formula is C7H12N. The van der Waals surface area contributed by atoms with E-state index in [0.29, 0.717) is 0 Å². The molecule has 2 atom stereocenters. The van der Waals surface area contributed by atoms with Crippen LogP contribution in [-0.4, -0.2) is 17.5 Å². The Bertz CT molecular complexity index is 80.4. The van der Waals surface area contributed by atoms with Gasteiger partial charge in [-0.1, -0.05) is 12.8 Å². The first-order valence-corrected chi connectivity index (χ1v) is 3.56. The van der Waals surface area contributed by atoms with Crippen molar-refractivity contribution in [2.75, 3.05) is 6.54 Å². The van der Waals surface area contributed by atoms with Gasteiger partial charge in [-0.15, -0.1) is 0 Å². The SMILES string of the molecule is [CH]1CCCCC2CN12. The van der Waals surface area contributed by atoms with Crippen LogP contribution in [0.25, 0.3) is 0 Å². The zero-order valence-corrected chi connectivity index (χ0v) is 5.14. The summed E-state index contributed by atoms with van der Waals surface area (Å²) in [5, 5.41) is 0. The maximum Gasteiger partial charge on any atom is 0.0255 e. The quantitative estimate of drug-likeness (QED) is 0.426. The largest absolute Gasteiger partial charge is 0.293 e. The highest BCUT2D eigenvalue weighted by Gasteiger charge is 2.33. The lowest BCUT2D eigenvalue weighted by molar-refractivity contribution is 0.598. The molecule has 2 heterocycles. The molecule has 0 saturated carbocycles. The fourth-order valence-electron chi connectivity index (χ4n) is 1.46. The molecule has 0 N–H and O–H groups in total. The maximum atomic E-state index is 2.47. The van der Waals surface area contributed by atoms with Crippen LogP contribution in [0, 0.1) is 6.54 Å². The Balaban J connectivity index is 1.89. The third-order valence-corrected chi connectivity index (χ3v) is 2.11. The molecule has 45 valence electrons. The Labute approximate surface area is 50.7 Å². The summed E-state index contributed by atoms with van der Waals surface area (Å²) in [6, 6.07) is 0.970. The minimum atomic E-state index is 0.970. The van der Waals surface area contributed by atoms with Gasteiger partial charge < -0.3 is 0 Å². The predicted octanol–water partition coefficient (Wildman–Crippen LogP) is 1.41. The van der Waals surface area contributed by atoms with Crippen LogP contribution >= 0.6 is 0 Å². The summed E-state index contributed by atoms with van der Waals surface area (Å²) in [5.74, 6) is 0. The highest BCUT2D eigenvalue weighted by atomic mass is 15.3. The van der Waals surface area contributed by atoms with E-state index < -0.39 is 0 Å². The van der Waals surface area contributed by atoms with Gasteiger partial charge in [-0.05, 0) is 12.8 Å². The summed E-state index contributed by atoms with van der Waals surface area (Å²) in [6.07, 6.45) is 5.66. The summed E-state index contributed by atoms with van der Waals surface area (Å²) in [4.78, 5) is 2.47. The van der Waals surface area contributed by atoms with Gasteiger partial charge in [0.15, 0.2) is 0 Å². The van der Waals surface area contributed by atoms with Crippen molar-refractivity contribution in [2.24, 2.45) is 0 Å². The highest BCUT2D eigenvalue weighted by Crippen LogP contribution is 2.29. The number of nitrogens with zero attached hydrogens (tertiary/aromatic N) is 1. The van der Waals surface area contributed by atoms with E-state index in [4.69, 9.17) is 0 Å². The molecule has 8 heavy (non-hydrogen) atoms. The summed E-state index contributed by atoms with van der Waals surface area (Å²) in [5.41, 5.74) is 0. The maximum absolute atomic E-state index is 2.47. The fraction of sp³-hybridized carbons (Fsp3) is 0.857. The molecule has 0 amide bonds. The molecular weight excluding hydrogens is 98.1 g/mol. The lowest BCUT2D eigenvalue weighted by Gasteiger charge is -1.92. The van der Waals surface area contributed by atoms with Gasteiger partial charge in [-0.2, -0.15) is 0 Å². The summed E-state index contributed by atoms with van der Waals surface area (Å²) in [7, 11) is 0. The average Bonchev–Trinajstić information content (AvgIpc) is 2.36. The van der Waals surface area contributed by atoms with E-state index in [2.05, 4.69) is 11.4 Å². The second-order valence-electron chi connectivity index (χ2n) is 2.82. The molecule has 1 nitrogen and oxygen atoms in total. The van der Waals surface area contributed by atoms with Gasteiger partial charge in [-0.25, -0.2) is 0 Å². The number of fused-ring (bicyclic) bond motifs is 1. The molecule has 0 bridgehead atoms. The number of hydrogen-bond donors (Lipinski definition) is 0. The first-order valence-electron chi connectivity index (χ1n) is 3.56. The van der Waals surface area contributed by atoms with Crippen molar-refractivity contribution in [2.45, 2.75) is 31.7 Å². The molecule has 0 aromatic heterocycles. The van der Waals surface area contributed by atoms with Crippen LogP contribution in [0.15, 0.2) is 0 Å². The molecule has 2 rings (SSSR count). The third-order valence-electron chi connectivity index (χ3n) is 2.11. The van der Waals surface area contributed by atoms with Gasteiger partial charge >= 0.3 is 0 Å². The van der Waals surface area contributed by atoms with Crippen molar-refractivity contribution >= 4 is 0 Å². The normalized spacial score (nSPS) is 45.0. The smallest absolute Gasteiger partial charge is 0.0255 e. The second-order valence-corrected chi connectivity index (χ2v) is 2.82. The first-order chi connectivity index (χ1) is 3.97. The van der Waals surface area contributed by atoms with Crippen molar-refractivity contribution in [1.29, 1.82) is 0 Å². The monoisotopic (exact) mass is 110 g/mol. The van der Waals surface area contributed by atoms with Crippen molar-refractivity contribution in [1.82, 2.24) is 4.90 Å². The third kappa shape index (κ3) is 0.752. The standard InChI is InChI=1S/C7H12N/c1-2-4-7-6-8(7)5-3-1/h5,7H,1-4,6H2. The molecule has 2 saturated heterocycles. The molecule has 0 spiro atoms. The molecule has 0 aromatic carbocycles. The zero-order valence-electron chi connectivity index (χ0n) is 5.14. The van der Waals surface area contributed by atoms with E-state index in [-0.39, 0.29) is 0 Å². The summed E-state index contributed by atoms with van der Waals surface area (Å²) < 4.78 is 0. The van der Waals surface area contributed by atoms with Gasteiger partial charge in [0.25, 0.3) is 0 Å². The Kier molecular flexibility index (Phi) is 1.04. The molecule has 2 aliphatic heterocycles. The van der Waals surface area contributed by atoms with Crippen LogP contribution < -0.4 is 0 Å². The van der Waals surface area contributed by atoms with Gasteiger partial charge in [0.05, 0.1) is 0 Å². The average molecular weight is 110 g/mol. The summed E-state index contributed by atoms with van der Waals surface area (Å²) >= 11 is 0. The predicted molar refractivity (Wildman–Crippen MR) is 33.3 cm³/mol. The van der Waals surface area contributed by atoms with E-state index in [1.54, 1.807) is 0 Å². The van der Waals surface area contributed by atoms with E-state index in [0.717, 1.165) is 6.04 Å². The molecule has 1 heteroatoms. The Morgan fingerprint density at radius 1 is 1.38 bits per heavy atom. The second kappa shape index (κ2) is 1.73. The molecule has 2 aliphatic rings. The first kappa shape index (κ1) is 4.80. The van der Waals surface area contributed by atoms with Crippen molar-refractivity contribution in [3.63, 3.8) is 0 Å². The van der Waals surface area contributed by atoms with Crippen LogP contribution in [0.4, 0.5) is 0 Å². The Hall–Kier alpha value is -0.0400. The van der Waals surface area contributed by atoms with Crippen LogP contribution in [-0.2, 0) is 0 Å². The van der Waals surface area contributed by atoms with Crippen molar-refractivity contribution in [3.8, 4) is 0 Å². The Morgan fingerprint density at radius 3 is 3.38 bits per heavy atom. The highest BCUT2D eigenvalue weighted by molar-refractivity contribution is 4.95. The minimum Gasteiger partial charge on any atom is -0.293 e. The lowest BCUT2D eigenvalue weighted by atomic mass is 10.2. The molecule has 2 fully saturated rings. The lowest BCUT2D eigenvalue weighted by Crippen LogP contribution is -1.92. The van der Waals surface area contributed by atoms with Crippen LogP contribution in [0.5, 0.6) is 0 Å². The van der Waals surface area contributed by atoms with Crippen LogP contribution in [0.2, 0.25) is 0 Å². The molecule has 2 unspecified atom stereocenters. The van der Waals surface area contributed by atoms with E-state index in [1.165, 1.54) is 32.2 Å². The number of rotatable bonds is 0. The molecule has 0 aliphatic carbocycles. The molecule has 1 radical (unpaired) electrons. The van der Waals surface area contributed by atoms with Gasteiger partial charge in [-0.3, -0.25) is 4.90 Å². The van der Waals surface area contributed by atoms with Crippen molar-refractivity contribution < 1.29 is 0 Å². The van der Waals surface area contributed by atoms with E-state index in [1.807, 2.05) is 0 Å². The minimum absolute atomic E-state index is 0.970. The van der Waals surface area contributed by atoms with Crippen LogP contribution in [0.3, 0.4) is 0 Å². The van der Waals surface area contributed by atoms with E-state index in [9.17, 15) is 0 Å². The van der Waals surface area contributed by atoms with E-state index >= 15 is 0 Å². The van der Waals surface area contributed by atoms with Gasteiger partial charge in [0.2, 0.25) is 0 Å². The van der Waals surface area contributed by atoms with Crippen LogP contribution in [0.1, 0.15) is 25.7 Å². The number of hydrogen-bond acceptors (Lipinski definition) is 1.